The molecule has 20 heavy (non-hydrogen) atoms. The first kappa shape index (κ1) is 14.9. The molecule has 0 aromatic heterocycles. The summed E-state index contributed by atoms with van der Waals surface area (Å²) in [4.78, 5) is 14.4. The average Bonchev–Trinajstić information content (AvgIpc) is 2.48. The highest BCUT2D eigenvalue weighted by atomic mass is 16.5. The van der Waals surface area contributed by atoms with Gasteiger partial charge in [-0.05, 0) is 49.9 Å². The molecule has 0 saturated carbocycles. The van der Waals surface area contributed by atoms with Crippen LogP contribution in [0.1, 0.15) is 30.1 Å². The summed E-state index contributed by atoms with van der Waals surface area (Å²) < 4.78 is 10.6. The molecule has 1 aromatic rings. The highest BCUT2D eigenvalue weighted by molar-refractivity contribution is 5.94. The summed E-state index contributed by atoms with van der Waals surface area (Å²) in [6.45, 7) is 4.94. The molecule has 1 atom stereocenters. The number of amides is 1. The summed E-state index contributed by atoms with van der Waals surface area (Å²) in [5, 5.41) is 0. The van der Waals surface area contributed by atoms with Crippen molar-refractivity contribution in [2.24, 2.45) is 5.92 Å². The Hall–Kier alpha value is -1.55. The van der Waals surface area contributed by atoms with Gasteiger partial charge in [0.1, 0.15) is 5.75 Å². The molecule has 2 rings (SSSR count). The van der Waals surface area contributed by atoms with Crippen LogP contribution in [0, 0.1) is 5.92 Å². The van der Waals surface area contributed by atoms with Gasteiger partial charge >= 0.3 is 0 Å². The van der Waals surface area contributed by atoms with Crippen LogP contribution in [0.3, 0.4) is 0 Å². The summed E-state index contributed by atoms with van der Waals surface area (Å²) in [7, 11) is 1.72. The van der Waals surface area contributed by atoms with Crippen LogP contribution in [0.15, 0.2) is 24.3 Å². The van der Waals surface area contributed by atoms with E-state index in [0.717, 1.165) is 43.9 Å². The lowest BCUT2D eigenvalue weighted by molar-refractivity contribution is 0.0571. The Morgan fingerprint density at radius 3 is 2.75 bits per heavy atom. The Kier molecular flexibility index (Phi) is 5.41. The van der Waals surface area contributed by atoms with Crippen molar-refractivity contribution in [1.29, 1.82) is 0 Å². The fourth-order valence-electron chi connectivity index (χ4n) is 2.66. The summed E-state index contributed by atoms with van der Waals surface area (Å²) >= 11 is 0. The second-order valence-electron chi connectivity index (χ2n) is 5.17. The lowest BCUT2D eigenvalue weighted by Gasteiger charge is -2.32. The molecule has 0 radical (unpaired) electrons. The number of hydrogen-bond donors (Lipinski definition) is 0. The van der Waals surface area contributed by atoms with Crippen molar-refractivity contribution in [2.75, 3.05) is 33.4 Å². The van der Waals surface area contributed by atoms with Crippen LogP contribution in [0.5, 0.6) is 5.75 Å². The van der Waals surface area contributed by atoms with Crippen molar-refractivity contribution < 1.29 is 14.3 Å². The van der Waals surface area contributed by atoms with Gasteiger partial charge in [0.2, 0.25) is 0 Å². The first-order valence-corrected chi connectivity index (χ1v) is 7.25. The number of methoxy groups -OCH3 is 1. The van der Waals surface area contributed by atoms with E-state index in [1.807, 2.05) is 36.1 Å². The quantitative estimate of drug-likeness (QED) is 0.830. The number of hydrogen-bond acceptors (Lipinski definition) is 3. The van der Waals surface area contributed by atoms with Gasteiger partial charge < -0.3 is 14.4 Å². The van der Waals surface area contributed by atoms with Crippen LogP contribution in [0.4, 0.5) is 0 Å². The predicted octanol–water partition coefficient (Wildman–Crippen LogP) is 2.58. The molecule has 0 aliphatic carbocycles. The van der Waals surface area contributed by atoms with E-state index >= 15 is 0 Å². The lowest BCUT2D eigenvalue weighted by Crippen LogP contribution is -2.41. The van der Waals surface area contributed by atoms with E-state index in [4.69, 9.17) is 9.47 Å². The fourth-order valence-corrected chi connectivity index (χ4v) is 2.66. The molecule has 1 saturated heterocycles. The van der Waals surface area contributed by atoms with E-state index in [0.29, 0.717) is 12.5 Å². The van der Waals surface area contributed by atoms with Gasteiger partial charge in [0.15, 0.2) is 0 Å². The molecule has 1 heterocycles. The van der Waals surface area contributed by atoms with Crippen LogP contribution in [0.2, 0.25) is 0 Å². The number of carbonyl (C=O) groups is 1. The van der Waals surface area contributed by atoms with Gasteiger partial charge in [0.25, 0.3) is 5.91 Å². The molecule has 4 heteroatoms. The van der Waals surface area contributed by atoms with E-state index < -0.39 is 0 Å². The topological polar surface area (TPSA) is 38.8 Å². The predicted molar refractivity (Wildman–Crippen MR) is 78.1 cm³/mol. The van der Waals surface area contributed by atoms with Gasteiger partial charge in [-0.25, -0.2) is 0 Å². The van der Waals surface area contributed by atoms with Crippen molar-refractivity contribution in [3.05, 3.63) is 29.8 Å². The van der Waals surface area contributed by atoms with E-state index in [1.54, 1.807) is 7.11 Å². The minimum Gasteiger partial charge on any atom is -0.494 e. The number of likely N-dealkylation sites (tertiary alicyclic amines) is 1. The van der Waals surface area contributed by atoms with Crippen molar-refractivity contribution >= 4 is 5.91 Å². The maximum atomic E-state index is 12.5. The molecular weight excluding hydrogens is 254 g/mol. The Balaban J connectivity index is 1.99. The molecule has 0 N–H and O–H groups in total. The molecule has 1 amide bonds. The molecule has 110 valence electrons. The minimum atomic E-state index is 0.105. The second-order valence-corrected chi connectivity index (χ2v) is 5.17. The minimum absolute atomic E-state index is 0.105. The van der Waals surface area contributed by atoms with Crippen LogP contribution in [-0.2, 0) is 4.74 Å². The number of nitrogens with zero attached hydrogens (tertiary/aromatic N) is 1. The van der Waals surface area contributed by atoms with E-state index in [9.17, 15) is 4.79 Å². The van der Waals surface area contributed by atoms with Gasteiger partial charge in [0.05, 0.1) is 13.2 Å². The van der Waals surface area contributed by atoms with E-state index in [1.165, 1.54) is 0 Å². The Bertz CT molecular complexity index is 428. The third kappa shape index (κ3) is 3.73. The van der Waals surface area contributed by atoms with Gasteiger partial charge in [-0.1, -0.05) is 0 Å². The zero-order valence-electron chi connectivity index (χ0n) is 12.3. The molecule has 0 unspecified atom stereocenters. The Morgan fingerprint density at radius 1 is 1.35 bits per heavy atom. The van der Waals surface area contributed by atoms with Crippen molar-refractivity contribution in [2.45, 2.75) is 19.8 Å². The van der Waals surface area contributed by atoms with Gasteiger partial charge in [0, 0.05) is 25.8 Å². The lowest BCUT2D eigenvalue weighted by atomic mass is 9.98. The zero-order chi connectivity index (χ0) is 14.4. The number of benzene rings is 1. The SMILES string of the molecule is CCOc1ccc(C(=O)N2CCC[C@@H](COC)C2)cc1. The molecule has 0 spiro atoms. The van der Waals surface area contributed by atoms with Gasteiger partial charge in [-0.15, -0.1) is 0 Å². The van der Waals surface area contributed by atoms with Crippen LogP contribution in [-0.4, -0.2) is 44.2 Å². The fraction of sp³-hybridized carbons (Fsp3) is 0.562. The van der Waals surface area contributed by atoms with Gasteiger partial charge in [-0.3, -0.25) is 4.79 Å². The van der Waals surface area contributed by atoms with Gasteiger partial charge in [-0.2, -0.15) is 0 Å². The number of piperidine rings is 1. The first-order valence-electron chi connectivity index (χ1n) is 7.25. The summed E-state index contributed by atoms with van der Waals surface area (Å²) in [6.07, 6.45) is 2.19. The molecule has 1 aliphatic rings. The van der Waals surface area contributed by atoms with Crippen molar-refractivity contribution in [3.63, 3.8) is 0 Å². The summed E-state index contributed by atoms with van der Waals surface area (Å²) in [5.74, 6) is 1.37. The van der Waals surface area contributed by atoms with E-state index in [2.05, 4.69) is 0 Å². The summed E-state index contributed by atoms with van der Waals surface area (Å²) in [6, 6.07) is 7.39. The molecule has 1 aliphatic heterocycles. The molecule has 1 aromatic carbocycles. The highest BCUT2D eigenvalue weighted by Gasteiger charge is 2.24. The third-order valence-electron chi connectivity index (χ3n) is 3.62. The average molecular weight is 277 g/mol. The Morgan fingerprint density at radius 2 is 2.10 bits per heavy atom. The van der Waals surface area contributed by atoms with Crippen LogP contribution >= 0.6 is 0 Å². The number of carbonyl (C=O) groups excluding carboxylic acids is 1. The standard InChI is InChI=1S/C16H23NO3/c1-3-20-15-8-6-14(7-9-15)16(18)17-10-4-5-13(11-17)12-19-2/h6-9,13H,3-5,10-12H2,1-2H3/t13-/m1/s1. The monoisotopic (exact) mass is 277 g/mol. The largest absolute Gasteiger partial charge is 0.494 e. The maximum Gasteiger partial charge on any atom is 0.253 e. The highest BCUT2D eigenvalue weighted by Crippen LogP contribution is 2.20. The summed E-state index contributed by atoms with van der Waals surface area (Å²) in [5.41, 5.74) is 0.728. The first-order chi connectivity index (χ1) is 9.74. The normalized spacial score (nSPS) is 18.9. The zero-order valence-corrected chi connectivity index (χ0v) is 12.3. The smallest absolute Gasteiger partial charge is 0.253 e. The third-order valence-corrected chi connectivity index (χ3v) is 3.62. The van der Waals surface area contributed by atoms with E-state index in [-0.39, 0.29) is 5.91 Å². The van der Waals surface area contributed by atoms with Crippen LogP contribution < -0.4 is 4.74 Å². The number of rotatable bonds is 5. The molecule has 4 nitrogen and oxygen atoms in total. The molecule has 1 fully saturated rings. The van der Waals surface area contributed by atoms with Crippen molar-refractivity contribution in [3.8, 4) is 5.75 Å². The van der Waals surface area contributed by atoms with Crippen LogP contribution in [0.25, 0.3) is 0 Å². The molecular formula is C16H23NO3. The van der Waals surface area contributed by atoms with Crippen molar-refractivity contribution in [1.82, 2.24) is 4.90 Å². The Labute approximate surface area is 120 Å². The second kappa shape index (κ2) is 7.29. The number of ether oxygens (including phenoxy) is 2. The maximum absolute atomic E-state index is 12.5. The molecule has 0 bridgehead atoms.